The highest BCUT2D eigenvalue weighted by molar-refractivity contribution is 5.46. The maximum absolute atomic E-state index is 14.0. The van der Waals surface area contributed by atoms with Crippen LogP contribution >= 0.6 is 0 Å². The fourth-order valence-electron chi connectivity index (χ4n) is 2.96. The van der Waals surface area contributed by atoms with E-state index in [1.807, 2.05) is 12.1 Å². The maximum Gasteiger partial charge on any atom is 0.254 e. The third-order valence-electron chi connectivity index (χ3n) is 4.40. The van der Waals surface area contributed by atoms with Crippen molar-refractivity contribution in [3.8, 4) is 11.9 Å². The van der Waals surface area contributed by atoms with Gasteiger partial charge in [0, 0.05) is 13.1 Å². The van der Waals surface area contributed by atoms with Gasteiger partial charge in [0.05, 0.1) is 24.2 Å². The van der Waals surface area contributed by atoms with E-state index >= 15 is 0 Å². The first kappa shape index (κ1) is 17.1. The van der Waals surface area contributed by atoms with Crippen LogP contribution in [-0.4, -0.2) is 34.6 Å². The van der Waals surface area contributed by atoms with Crippen LogP contribution in [0, 0.1) is 36.9 Å². The average molecular weight is 341 g/mol. The van der Waals surface area contributed by atoms with Gasteiger partial charge in [-0.15, -0.1) is 0 Å². The number of hydrogen-bond donors (Lipinski definition) is 0. The SMILES string of the molecule is Cc1nc(C)c(F)c(OCC2CCN(c3ccc(C#N)nc3)CC2)n1. The lowest BCUT2D eigenvalue weighted by Crippen LogP contribution is -2.35. The minimum atomic E-state index is -0.480. The van der Waals surface area contributed by atoms with Crippen LogP contribution in [0.3, 0.4) is 0 Å². The molecule has 1 saturated heterocycles. The molecule has 0 bridgehead atoms. The first-order valence-corrected chi connectivity index (χ1v) is 8.31. The summed E-state index contributed by atoms with van der Waals surface area (Å²) >= 11 is 0. The van der Waals surface area contributed by atoms with Crippen molar-refractivity contribution in [3.05, 3.63) is 41.4 Å². The van der Waals surface area contributed by atoms with Crippen LogP contribution in [0.15, 0.2) is 18.3 Å². The first-order valence-electron chi connectivity index (χ1n) is 8.31. The van der Waals surface area contributed by atoms with Crippen LogP contribution in [0.5, 0.6) is 5.88 Å². The van der Waals surface area contributed by atoms with E-state index in [0.717, 1.165) is 31.6 Å². The number of anilines is 1. The van der Waals surface area contributed by atoms with Crippen molar-refractivity contribution in [2.24, 2.45) is 5.92 Å². The minimum Gasteiger partial charge on any atom is -0.475 e. The summed E-state index contributed by atoms with van der Waals surface area (Å²) in [5, 5.41) is 8.80. The predicted octanol–water partition coefficient (Wildman–Crippen LogP) is 2.79. The monoisotopic (exact) mass is 341 g/mol. The third kappa shape index (κ3) is 4.02. The molecule has 0 radical (unpaired) electrons. The molecule has 0 amide bonds. The standard InChI is InChI=1S/C18H20FN5O/c1-12-17(19)18(23-13(2)22-12)25-11-14-5-7-24(8-6-14)16-4-3-15(9-20)21-10-16/h3-4,10,14H,5-8,11H2,1-2H3. The zero-order valence-corrected chi connectivity index (χ0v) is 14.4. The Labute approximate surface area is 146 Å². The smallest absolute Gasteiger partial charge is 0.254 e. The van der Waals surface area contributed by atoms with Gasteiger partial charge in [0.25, 0.3) is 5.88 Å². The van der Waals surface area contributed by atoms with Gasteiger partial charge in [0.2, 0.25) is 5.82 Å². The van der Waals surface area contributed by atoms with Crippen molar-refractivity contribution in [1.29, 1.82) is 5.26 Å². The maximum atomic E-state index is 14.0. The van der Waals surface area contributed by atoms with Crippen LogP contribution in [0.1, 0.15) is 30.1 Å². The molecule has 0 unspecified atom stereocenters. The van der Waals surface area contributed by atoms with E-state index in [0.29, 0.717) is 29.7 Å². The van der Waals surface area contributed by atoms with Crippen molar-refractivity contribution in [1.82, 2.24) is 15.0 Å². The van der Waals surface area contributed by atoms with Crippen LogP contribution < -0.4 is 9.64 Å². The number of nitriles is 1. The van der Waals surface area contributed by atoms with Gasteiger partial charge < -0.3 is 9.64 Å². The fraction of sp³-hybridized carbons (Fsp3) is 0.444. The van der Waals surface area contributed by atoms with Gasteiger partial charge in [0.1, 0.15) is 17.6 Å². The number of hydrogen-bond acceptors (Lipinski definition) is 6. The molecule has 0 atom stereocenters. The van der Waals surface area contributed by atoms with Crippen LogP contribution in [0.4, 0.5) is 10.1 Å². The lowest BCUT2D eigenvalue weighted by molar-refractivity contribution is 0.206. The molecule has 2 aromatic heterocycles. The Hall–Kier alpha value is -2.75. The molecule has 0 saturated carbocycles. The van der Waals surface area contributed by atoms with Gasteiger partial charge in [0.15, 0.2) is 0 Å². The zero-order chi connectivity index (χ0) is 17.8. The number of piperidine rings is 1. The van der Waals surface area contributed by atoms with Gasteiger partial charge >= 0.3 is 0 Å². The highest BCUT2D eigenvalue weighted by atomic mass is 19.1. The Balaban J connectivity index is 1.53. The zero-order valence-electron chi connectivity index (χ0n) is 14.4. The summed E-state index contributed by atoms with van der Waals surface area (Å²) < 4.78 is 19.6. The van der Waals surface area contributed by atoms with E-state index in [2.05, 4.69) is 19.9 Å². The summed E-state index contributed by atoms with van der Waals surface area (Å²) in [5.41, 5.74) is 1.75. The van der Waals surface area contributed by atoms with Crippen molar-refractivity contribution in [2.75, 3.05) is 24.6 Å². The second kappa shape index (κ2) is 7.43. The second-order valence-corrected chi connectivity index (χ2v) is 6.23. The number of ether oxygens (including phenoxy) is 1. The lowest BCUT2D eigenvalue weighted by atomic mass is 9.97. The van der Waals surface area contributed by atoms with Gasteiger partial charge in [-0.1, -0.05) is 0 Å². The van der Waals surface area contributed by atoms with Crippen LogP contribution in [-0.2, 0) is 0 Å². The molecule has 3 rings (SSSR count). The molecule has 6 nitrogen and oxygen atoms in total. The summed E-state index contributed by atoms with van der Waals surface area (Å²) in [4.78, 5) is 14.4. The molecule has 0 aliphatic carbocycles. The molecule has 1 aliphatic rings. The minimum absolute atomic E-state index is 0.0451. The molecule has 7 heteroatoms. The largest absolute Gasteiger partial charge is 0.475 e. The van der Waals surface area contributed by atoms with E-state index in [9.17, 15) is 4.39 Å². The van der Waals surface area contributed by atoms with Crippen LogP contribution in [0.25, 0.3) is 0 Å². The molecule has 130 valence electrons. The van der Waals surface area contributed by atoms with Gasteiger partial charge in [-0.25, -0.2) is 9.97 Å². The van der Waals surface area contributed by atoms with E-state index < -0.39 is 5.82 Å². The van der Waals surface area contributed by atoms with Gasteiger partial charge in [-0.3, -0.25) is 0 Å². The van der Waals surface area contributed by atoms with E-state index in [-0.39, 0.29) is 5.88 Å². The molecular formula is C18H20FN5O. The van der Waals surface area contributed by atoms with Gasteiger partial charge in [-0.05, 0) is 44.7 Å². The number of pyridine rings is 1. The number of halogens is 1. The van der Waals surface area contributed by atoms with Gasteiger partial charge in [-0.2, -0.15) is 14.6 Å². The molecule has 0 N–H and O–H groups in total. The Bertz CT molecular complexity index is 779. The highest BCUT2D eigenvalue weighted by Crippen LogP contribution is 2.24. The Morgan fingerprint density at radius 1 is 1.28 bits per heavy atom. The lowest BCUT2D eigenvalue weighted by Gasteiger charge is -2.33. The summed E-state index contributed by atoms with van der Waals surface area (Å²) in [6, 6.07) is 5.67. The number of nitrogens with zero attached hydrogens (tertiary/aromatic N) is 5. The summed E-state index contributed by atoms with van der Waals surface area (Å²) in [5.74, 6) is 0.435. The molecule has 3 heterocycles. The number of rotatable bonds is 4. The fourth-order valence-corrected chi connectivity index (χ4v) is 2.96. The summed E-state index contributed by atoms with van der Waals surface area (Å²) in [7, 11) is 0. The van der Waals surface area contributed by atoms with Crippen molar-refractivity contribution in [2.45, 2.75) is 26.7 Å². The Morgan fingerprint density at radius 2 is 2.04 bits per heavy atom. The third-order valence-corrected chi connectivity index (χ3v) is 4.40. The average Bonchev–Trinajstić information content (AvgIpc) is 2.64. The van der Waals surface area contributed by atoms with Crippen molar-refractivity contribution in [3.63, 3.8) is 0 Å². The summed E-state index contributed by atoms with van der Waals surface area (Å²) in [6.45, 7) is 5.55. The van der Waals surface area contributed by atoms with E-state index in [1.165, 1.54) is 0 Å². The normalized spacial score (nSPS) is 15.0. The van der Waals surface area contributed by atoms with E-state index in [4.69, 9.17) is 10.00 Å². The highest BCUT2D eigenvalue weighted by Gasteiger charge is 2.21. The topological polar surface area (TPSA) is 74.9 Å². The second-order valence-electron chi connectivity index (χ2n) is 6.23. The molecule has 2 aromatic rings. The summed E-state index contributed by atoms with van der Waals surface area (Å²) in [6.07, 6.45) is 3.63. The predicted molar refractivity (Wildman–Crippen MR) is 90.8 cm³/mol. The molecule has 25 heavy (non-hydrogen) atoms. The molecule has 1 fully saturated rings. The molecule has 1 aliphatic heterocycles. The molecule has 0 aromatic carbocycles. The van der Waals surface area contributed by atoms with Crippen molar-refractivity contribution < 1.29 is 9.13 Å². The van der Waals surface area contributed by atoms with Crippen molar-refractivity contribution >= 4 is 5.69 Å². The molecular weight excluding hydrogens is 321 g/mol. The number of aromatic nitrogens is 3. The first-order chi connectivity index (χ1) is 12.1. The Morgan fingerprint density at radius 3 is 2.68 bits per heavy atom. The van der Waals surface area contributed by atoms with Crippen LogP contribution in [0.2, 0.25) is 0 Å². The van der Waals surface area contributed by atoms with E-state index in [1.54, 1.807) is 26.1 Å². The molecule has 0 spiro atoms. The number of aryl methyl sites for hydroxylation is 2. The Kier molecular flexibility index (Phi) is 5.08. The quantitative estimate of drug-likeness (QED) is 0.851.